The molecule has 0 fully saturated rings. The van der Waals surface area contributed by atoms with Crippen LogP contribution in [-0.4, -0.2) is 25.0 Å². The molecular formula is C28H31NO4. The van der Waals surface area contributed by atoms with Gasteiger partial charge < -0.3 is 14.8 Å². The molecule has 0 heterocycles. The molecule has 172 valence electrons. The molecule has 0 saturated heterocycles. The molecule has 0 unspecified atom stereocenters. The van der Waals surface area contributed by atoms with Crippen LogP contribution < -0.4 is 10.1 Å². The van der Waals surface area contributed by atoms with Crippen LogP contribution in [0.2, 0.25) is 0 Å². The highest BCUT2D eigenvalue weighted by molar-refractivity contribution is 5.96. The van der Waals surface area contributed by atoms with Gasteiger partial charge in [-0.1, -0.05) is 75.4 Å². The molecule has 0 aliphatic heterocycles. The molecule has 1 N–H and O–H groups in total. The minimum Gasteiger partial charge on any atom is -0.489 e. The highest BCUT2D eigenvalue weighted by Crippen LogP contribution is 2.22. The second-order valence-corrected chi connectivity index (χ2v) is 9.00. The van der Waals surface area contributed by atoms with Crippen LogP contribution >= 0.6 is 0 Å². The van der Waals surface area contributed by atoms with E-state index >= 15 is 0 Å². The summed E-state index contributed by atoms with van der Waals surface area (Å²) in [5.74, 6) is -0.0621. The van der Waals surface area contributed by atoms with Gasteiger partial charge in [-0.2, -0.15) is 0 Å². The quantitative estimate of drug-likeness (QED) is 0.491. The van der Waals surface area contributed by atoms with E-state index in [1.165, 1.54) is 7.11 Å². The van der Waals surface area contributed by atoms with Crippen molar-refractivity contribution in [3.8, 4) is 5.75 Å². The molecule has 0 saturated carbocycles. The summed E-state index contributed by atoms with van der Waals surface area (Å²) in [6.07, 6.45) is 0.317. The SMILES string of the molecule is COC(=O)[C@H](Cc1ccc(OCc2ccccc2)cc1)NC(=O)c1ccc(C(C)(C)C)cc1. The van der Waals surface area contributed by atoms with E-state index in [4.69, 9.17) is 9.47 Å². The fourth-order valence-corrected chi connectivity index (χ4v) is 3.40. The van der Waals surface area contributed by atoms with E-state index in [1.54, 1.807) is 12.1 Å². The topological polar surface area (TPSA) is 64.6 Å². The molecule has 1 atom stereocenters. The third-order valence-corrected chi connectivity index (χ3v) is 5.42. The number of carbonyl (C=O) groups excluding carboxylic acids is 2. The number of carbonyl (C=O) groups is 2. The maximum atomic E-state index is 12.8. The maximum Gasteiger partial charge on any atom is 0.328 e. The largest absolute Gasteiger partial charge is 0.489 e. The van der Waals surface area contributed by atoms with Crippen LogP contribution in [0.1, 0.15) is 47.8 Å². The van der Waals surface area contributed by atoms with Gasteiger partial charge in [-0.15, -0.1) is 0 Å². The molecule has 5 heteroatoms. The lowest BCUT2D eigenvalue weighted by atomic mass is 9.86. The summed E-state index contributed by atoms with van der Waals surface area (Å²) in [7, 11) is 1.32. The molecule has 0 aliphatic rings. The summed E-state index contributed by atoms with van der Waals surface area (Å²) in [4.78, 5) is 25.1. The Morgan fingerprint density at radius 2 is 1.48 bits per heavy atom. The zero-order valence-corrected chi connectivity index (χ0v) is 19.6. The minimum atomic E-state index is -0.791. The third-order valence-electron chi connectivity index (χ3n) is 5.42. The van der Waals surface area contributed by atoms with Crippen molar-refractivity contribution in [1.29, 1.82) is 0 Å². The van der Waals surface area contributed by atoms with Gasteiger partial charge in [-0.3, -0.25) is 4.79 Å². The Labute approximate surface area is 195 Å². The van der Waals surface area contributed by atoms with E-state index in [2.05, 4.69) is 26.1 Å². The van der Waals surface area contributed by atoms with Crippen molar-refractivity contribution in [2.24, 2.45) is 0 Å². The summed E-state index contributed by atoms with van der Waals surface area (Å²) in [5.41, 5.74) is 3.62. The molecule has 0 radical (unpaired) electrons. The monoisotopic (exact) mass is 445 g/mol. The summed E-state index contributed by atoms with van der Waals surface area (Å²) < 4.78 is 10.7. The summed E-state index contributed by atoms with van der Waals surface area (Å²) in [6, 6.07) is 24.1. The van der Waals surface area contributed by atoms with Crippen LogP contribution in [0.15, 0.2) is 78.9 Å². The maximum absolute atomic E-state index is 12.8. The van der Waals surface area contributed by atoms with Gasteiger partial charge in [0.25, 0.3) is 5.91 Å². The minimum absolute atomic E-state index is 0.000527. The van der Waals surface area contributed by atoms with Gasteiger partial charge in [0.05, 0.1) is 7.11 Å². The van der Waals surface area contributed by atoms with Gasteiger partial charge in [-0.25, -0.2) is 4.79 Å². The fraction of sp³-hybridized carbons (Fsp3) is 0.286. The molecule has 0 aliphatic carbocycles. The Morgan fingerprint density at radius 3 is 2.06 bits per heavy atom. The van der Waals surface area contributed by atoms with E-state index in [9.17, 15) is 9.59 Å². The zero-order valence-electron chi connectivity index (χ0n) is 19.6. The number of nitrogens with one attached hydrogen (secondary N) is 1. The van der Waals surface area contributed by atoms with Gasteiger partial charge >= 0.3 is 5.97 Å². The number of amides is 1. The molecule has 3 aromatic rings. The lowest BCUT2D eigenvalue weighted by Gasteiger charge is -2.20. The predicted molar refractivity (Wildman–Crippen MR) is 129 cm³/mol. The van der Waals surface area contributed by atoms with E-state index in [0.717, 1.165) is 22.4 Å². The smallest absolute Gasteiger partial charge is 0.328 e. The predicted octanol–water partition coefficient (Wildman–Crippen LogP) is 5.08. The second kappa shape index (κ2) is 10.8. The van der Waals surface area contributed by atoms with Gasteiger partial charge in [0.2, 0.25) is 0 Å². The van der Waals surface area contributed by atoms with Gasteiger partial charge in [0, 0.05) is 12.0 Å². The molecule has 5 nitrogen and oxygen atoms in total. The van der Waals surface area contributed by atoms with Crippen molar-refractivity contribution in [2.45, 2.75) is 45.3 Å². The van der Waals surface area contributed by atoms with Gasteiger partial charge in [-0.05, 0) is 46.4 Å². The first-order valence-corrected chi connectivity index (χ1v) is 11.0. The second-order valence-electron chi connectivity index (χ2n) is 9.00. The van der Waals surface area contributed by atoms with Crippen molar-refractivity contribution in [2.75, 3.05) is 7.11 Å². The lowest BCUT2D eigenvalue weighted by molar-refractivity contribution is -0.142. The van der Waals surface area contributed by atoms with E-state index < -0.39 is 12.0 Å². The first kappa shape index (κ1) is 24.1. The van der Waals surface area contributed by atoms with E-state index in [0.29, 0.717) is 18.6 Å². The standard InChI is InChI=1S/C28H31NO4/c1-28(2,3)23-14-12-22(13-15-23)26(30)29-25(27(31)32-4)18-20-10-16-24(17-11-20)33-19-21-8-6-5-7-9-21/h5-17,25H,18-19H2,1-4H3,(H,29,30)/t25-/m0/s1. The number of hydrogen-bond acceptors (Lipinski definition) is 4. The Balaban J connectivity index is 1.63. The van der Waals surface area contributed by atoms with Crippen LogP contribution in [-0.2, 0) is 28.0 Å². The van der Waals surface area contributed by atoms with Crippen molar-refractivity contribution in [1.82, 2.24) is 5.32 Å². The highest BCUT2D eigenvalue weighted by Gasteiger charge is 2.23. The van der Waals surface area contributed by atoms with Crippen LogP contribution in [0.25, 0.3) is 0 Å². The Kier molecular flexibility index (Phi) is 7.88. The molecule has 0 spiro atoms. The first-order chi connectivity index (χ1) is 15.8. The Bertz CT molecular complexity index is 1050. The fourth-order valence-electron chi connectivity index (χ4n) is 3.40. The molecule has 0 bridgehead atoms. The van der Waals surface area contributed by atoms with Crippen LogP contribution in [0.5, 0.6) is 5.75 Å². The number of esters is 1. The number of rotatable bonds is 8. The van der Waals surface area contributed by atoms with Gasteiger partial charge in [0.15, 0.2) is 0 Å². The third kappa shape index (κ3) is 6.94. The normalized spacial score (nSPS) is 12.0. The average Bonchev–Trinajstić information content (AvgIpc) is 2.82. The molecule has 33 heavy (non-hydrogen) atoms. The van der Waals surface area contributed by atoms with Crippen LogP contribution in [0.3, 0.4) is 0 Å². The number of ether oxygens (including phenoxy) is 2. The molecule has 1 amide bonds. The summed E-state index contributed by atoms with van der Waals surface area (Å²) in [5, 5.41) is 2.81. The van der Waals surface area contributed by atoms with Crippen LogP contribution in [0, 0.1) is 0 Å². The van der Waals surface area contributed by atoms with Crippen molar-refractivity contribution >= 4 is 11.9 Å². The molecular weight excluding hydrogens is 414 g/mol. The van der Waals surface area contributed by atoms with Crippen molar-refractivity contribution < 1.29 is 19.1 Å². The number of benzene rings is 3. The van der Waals surface area contributed by atoms with Crippen LogP contribution in [0.4, 0.5) is 0 Å². The lowest BCUT2D eigenvalue weighted by Crippen LogP contribution is -2.43. The Morgan fingerprint density at radius 1 is 0.848 bits per heavy atom. The number of methoxy groups -OCH3 is 1. The molecule has 3 rings (SSSR count). The van der Waals surface area contributed by atoms with Gasteiger partial charge in [0.1, 0.15) is 18.4 Å². The Hall–Kier alpha value is -3.60. The first-order valence-electron chi connectivity index (χ1n) is 11.0. The highest BCUT2D eigenvalue weighted by atomic mass is 16.5. The summed E-state index contributed by atoms with van der Waals surface area (Å²) in [6.45, 7) is 6.84. The van der Waals surface area contributed by atoms with E-state index in [1.807, 2.05) is 66.7 Å². The van der Waals surface area contributed by atoms with Crippen molar-refractivity contribution in [3.63, 3.8) is 0 Å². The van der Waals surface area contributed by atoms with Crippen molar-refractivity contribution in [3.05, 3.63) is 101 Å². The summed E-state index contributed by atoms with van der Waals surface area (Å²) >= 11 is 0. The molecule has 0 aromatic heterocycles. The van der Waals surface area contributed by atoms with E-state index in [-0.39, 0.29) is 11.3 Å². The molecule has 3 aromatic carbocycles. The zero-order chi connectivity index (χ0) is 23.8. The average molecular weight is 446 g/mol. The number of hydrogen-bond donors (Lipinski definition) is 1.